The van der Waals surface area contributed by atoms with Crippen molar-refractivity contribution in [3.8, 4) is 0 Å². The molecule has 0 aromatic carbocycles. The first-order valence-electron chi connectivity index (χ1n) is 6.15. The van der Waals surface area contributed by atoms with E-state index in [2.05, 4.69) is 10.3 Å². The number of carbonyl (C=O) groups is 1. The lowest BCUT2D eigenvalue weighted by atomic mass is 10.0. The zero-order chi connectivity index (χ0) is 13.0. The predicted octanol–water partition coefficient (Wildman–Crippen LogP) is 2.92. The van der Waals surface area contributed by atoms with Crippen molar-refractivity contribution in [2.75, 3.05) is 18.1 Å². The van der Waals surface area contributed by atoms with Gasteiger partial charge in [0.2, 0.25) is 0 Å². The van der Waals surface area contributed by atoms with Crippen LogP contribution >= 0.6 is 23.4 Å². The molecule has 5 heteroatoms. The molecule has 1 fully saturated rings. The van der Waals surface area contributed by atoms with Crippen molar-refractivity contribution >= 4 is 29.3 Å². The third-order valence-electron chi connectivity index (χ3n) is 3.13. The van der Waals surface area contributed by atoms with E-state index >= 15 is 0 Å². The molecule has 0 unspecified atom stereocenters. The van der Waals surface area contributed by atoms with Crippen LogP contribution in [0.25, 0.3) is 0 Å². The molecular weight excluding hydrogens is 268 g/mol. The summed E-state index contributed by atoms with van der Waals surface area (Å²) in [4.78, 5) is 16.1. The molecule has 1 amide bonds. The third kappa shape index (κ3) is 3.62. The maximum Gasteiger partial charge on any atom is 0.254 e. The predicted molar refractivity (Wildman–Crippen MR) is 76.4 cm³/mol. The summed E-state index contributed by atoms with van der Waals surface area (Å²) >= 11 is 8.03. The number of amides is 1. The van der Waals surface area contributed by atoms with Crippen LogP contribution in [0, 0.1) is 12.8 Å². The monoisotopic (exact) mass is 284 g/mol. The van der Waals surface area contributed by atoms with E-state index in [1.165, 1.54) is 24.3 Å². The van der Waals surface area contributed by atoms with Gasteiger partial charge >= 0.3 is 0 Å². The lowest BCUT2D eigenvalue weighted by Gasteiger charge is -2.21. The molecule has 98 valence electrons. The number of halogens is 1. The Bertz CT molecular complexity index is 433. The van der Waals surface area contributed by atoms with Gasteiger partial charge in [0.1, 0.15) is 0 Å². The molecule has 1 N–H and O–H groups in total. The zero-order valence-corrected chi connectivity index (χ0v) is 12.0. The van der Waals surface area contributed by atoms with E-state index in [1.54, 1.807) is 12.3 Å². The highest BCUT2D eigenvalue weighted by Gasteiger charge is 2.16. The van der Waals surface area contributed by atoms with Crippen molar-refractivity contribution in [2.24, 2.45) is 5.92 Å². The van der Waals surface area contributed by atoms with Crippen molar-refractivity contribution in [3.63, 3.8) is 0 Å². The topological polar surface area (TPSA) is 42.0 Å². The Balaban J connectivity index is 1.90. The molecule has 0 radical (unpaired) electrons. The molecule has 0 spiro atoms. The molecule has 2 heterocycles. The Morgan fingerprint density at radius 1 is 1.56 bits per heavy atom. The lowest BCUT2D eigenvalue weighted by Crippen LogP contribution is -2.31. The molecule has 0 saturated carbocycles. The maximum absolute atomic E-state index is 12.0. The fourth-order valence-electron chi connectivity index (χ4n) is 1.98. The number of aromatic nitrogens is 1. The average molecular weight is 285 g/mol. The Hall–Kier alpha value is -0.740. The number of nitrogens with zero attached hydrogens (tertiary/aromatic N) is 1. The van der Waals surface area contributed by atoms with Crippen LogP contribution in [0.4, 0.5) is 0 Å². The molecule has 2 rings (SSSR count). The average Bonchev–Trinajstić information content (AvgIpc) is 2.37. The standard InChI is InChI=1S/C13H17ClN2OS/c1-9-6-12(14)11(8-15-9)13(17)16-7-10-2-4-18-5-3-10/h6,8,10H,2-5,7H2,1H3,(H,16,17). The second-order valence-corrected chi connectivity index (χ2v) is 6.20. The normalized spacial score (nSPS) is 16.6. The quantitative estimate of drug-likeness (QED) is 0.928. The summed E-state index contributed by atoms with van der Waals surface area (Å²) in [5, 5.41) is 3.43. The van der Waals surface area contributed by atoms with Gasteiger partial charge in [-0.2, -0.15) is 11.8 Å². The second kappa shape index (κ2) is 6.43. The molecule has 0 aliphatic carbocycles. The van der Waals surface area contributed by atoms with Crippen LogP contribution in [-0.4, -0.2) is 28.9 Å². The summed E-state index contributed by atoms with van der Waals surface area (Å²) in [5.41, 5.74) is 1.29. The lowest BCUT2D eigenvalue weighted by molar-refractivity contribution is 0.0946. The zero-order valence-electron chi connectivity index (χ0n) is 10.4. The van der Waals surface area contributed by atoms with Gasteiger partial charge in [-0.15, -0.1) is 0 Å². The van der Waals surface area contributed by atoms with E-state index in [-0.39, 0.29) is 5.91 Å². The van der Waals surface area contributed by atoms with Crippen LogP contribution in [0.1, 0.15) is 28.9 Å². The molecule has 18 heavy (non-hydrogen) atoms. The van der Waals surface area contributed by atoms with Crippen molar-refractivity contribution < 1.29 is 4.79 Å². The van der Waals surface area contributed by atoms with E-state index < -0.39 is 0 Å². The number of hydrogen-bond donors (Lipinski definition) is 1. The number of rotatable bonds is 3. The van der Waals surface area contributed by atoms with Gasteiger partial charge in [0.15, 0.2) is 0 Å². The Kier molecular flexibility index (Phi) is 4.89. The van der Waals surface area contributed by atoms with Crippen molar-refractivity contribution in [3.05, 3.63) is 28.5 Å². The fourth-order valence-corrected chi connectivity index (χ4v) is 3.47. The number of thioether (sulfide) groups is 1. The van der Waals surface area contributed by atoms with Crippen LogP contribution in [0.15, 0.2) is 12.3 Å². The van der Waals surface area contributed by atoms with E-state index in [1.807, 2.05) is 18.7 Å². The van der Waals surface area contributed by atoms with E-state index in [4.69, 9.17) is 11.6 Å². The van der Waals surface area contributed by atoms with Crippen LogP contribution in [0.3, 0.4) is 0 Å². The maximum atomic E-state index is 12.0. The van der Waals surface area contributed by atoms with Crippen LogP contribution in [0.2, 0.25) is 5.02 Å². The minimum absolute atomic E-state index is 0.120. The number of hydrogen-bond acceptors (Lipinski definition) is 3. The van der Waals surface area contributed by atoms with Gasteiger partial charge in [-0.1, -0.05) is 11.6 Å². The Labute approximate surface area is 117 Å². The molecule has 0 bridgehead atoms. The number of pyridine rings is 1. The molecular formula is C13H17ClN2OS. The largest absolute Gasteiger partial charge is 0.352 e. The van der Waals surface area contributed by atoms with Gasteiger partial charge in [0.05, 0.1) is 10.6 Å². The summed E-state index contributed by atoms with van der Waals surface area (Å²) < 4.78 is 0. The van der Waals surface area contributed by atoms with Crippen molar-refractivity contribution in [1.29, 1.82) is 0 Å². The van der Waals surface area contributed by atoms with Crippen molar-refractivity contribution in [2.45, 2.75) is 19.8 Å². The van der Waals surface area contributed by atoms with E-state index in [0.717, 1.165) is 12.2 Å². The highest BCUT2D eigenvalue weighted by molar-refractivity contribution is 7.99. The first-order valence-corrected chi connectivity index (χ1v) is 7.68. The van der Waals surface area contributed by atoms with Gasteiger partial charge < -0.3 is 5.32 Å². The first kappa shape index (κ1) is 13.7. The molecule has 1 aliphatic heterocycles. The van der Waals surface area contributed by atoms with E-state index in [9.17, 15) is 4.79 Å². The summed E-state index contributed by atoms with van der Waals surface area (Å²) in [5.74, 6) is 2.89. The number of carbonyl (C=O) groups excluding carboxylic acids is 1. The van der Waals surface area contributed by atoms with E-state index in [0.29, 0.717) is 16.5 Å². The number of aryl methyl sites for hydroxylation is 1. The minimum Gasteiger partial charge on any atom is -0.352 e. The molecule has 0 atom stereocenters. The van der Waals surface area contributed by atoms with Gasteiger partial charge in [0, 0.05) is 18.4 Å². The smallest absolute Gasteiger partial charge is 0.254 e. The Morgan fingerprint density at radius 2 is 2.28 bits per heavy atom. The molecule has 1 aromatic heterocycles. The number of nitrogens with one attached hydrogen (secondary N) is 1. The minimum atomic E-state index is -0.120. The SMILES string of the molecule is Cc1cc(Cl)c(C(=O)NCC2CCSCC2)cn1. The van der Waals surface area contributed by atoms with Gasteiger partial charge in [-0.3, -0.25) is 9.78 Å². The molecule has 1 saturated heterocycles. The third-order valence-corrected chi connectivity index (χ3v) is 4.49. The summed E-state index contributed by atoms with van der Waals surface area (Å²) in [7, 11) is 0. The molecule has 3 nitrogen and oxygen atoms in total. The molecule has 1 aliphatic rings. The first-order chi connectivity index (χ1) is 8.66. The van der Waals surface area contributed by atoms with Crippen LogP contribution in [-0.2, 0) is 0 Å². The summed E-state index contributed by atoms with van der Waals surface area (Å²) in [6.07, 6.45) is 3.92. The highest BCUT2D eigenvalue weighted by atomic mass is 35.5. The molecule has 1 aromatic rings. The summed E-state index contributed by atoms with van der Waals surface area (Å²) in [6, 6.07) is 1.72. The van der Waals surface area contributed by atoms with Crippen molar-refractivity contribution in [1.82, 2.24) is 10.3 Å². The van der Waals surface area contributed by atoms with Gasteiger partial charge in [-0.05, 0) is 43.3 Å². The van der Waals surface area contributed by atoms with Gasteiger partial charge in [-0.25, -0.2) is 0 Å². The fraction of sp³-hybridized carbons (Fsp3) is 0.538. The van der Waals surface area contributed by atoms with Crippen LogP contribution < -0.4 is 5.32 Å². The Morgan fingerprint density at radius 3 is 2.94 bits per heavy atom. The highest BCUT2D eigenvalue weighted by Crippen LogP contribution is 2.22. The second-order valence-electron chi connectivity index (χ2n) is 4.57. The van der Waals surface area contributed by atoms with Gasteiger partial charge in [0.25, 0.3) is 5.91 Å². The summed E-state index contributed by atoms with van der Waals surface area (Å²) in [6.45, 7) is 2.59. The van der Waals surface area contributed by atoms with Crippen LogP contribution in [0.5, 0.6) is 0 Å².